The molecule has 224 valence electrons. The van der Waals surface area contributed by atoms with E-state index >= 15 is 4.39 Å². The molecule has 1 heterocycles. The van der Waals surface area contributed by atoms with Crippen LogP contribution in [0.5, 0.6) is 17.4 Å². The molecule has 0 radical (unpaired) electrons. The average molecular weight is 577 g/mol. The molecule has 1 unspecified atom stereocenters. The summed E-state index contributed by atoms with van der Waals surface area (Å²) in [6, 6.07) is 12.2. The van der Waals surface area contributed by atoms with Gasteiger partial charge in [0.25, 0.3) is 0 Å². The Kier molecular flexibility index (Phi) is 8.44. The summed E-state index contributed by atoms with van der Waals surface area (Å²) in [5.74, 6) is 0.564. The molecular weight excluding hydrogens is 535 g/mol. The standard InChI is InChI=1S/C34H41FN2O5/c1-33(2)16-26(17-34(3,4)20-33)42-32-31(28-14-24(40-5)11-12-29(28)35)36-18-23(37-32)19-41-25-8-6-7-22(13-25)27(15-30(38)39)21-9-10-21/h6-8,11-14,18,21,26-27H,9-10,15-17,19-20H2,1-5H3,(H,38,39). The van der Waals surface area contributed by atoms with Crippen LogP contribution in [0.4, 0.5) is 4.39 Å². The fourth-order valence-corrected chi connectivity index (χ4v) is 6.78. The van der Waals surface area contributed by atoms with Gasteiger partial charge in [-0.3, -0.25) is 4.79 Å². The predicted molar refractivity (Wildman–Crippen MR) is 158 cm³/mol. The van der Waals surface area contributed by atoms with Crippen LogP contribution in [0.3, 0.4) is 0 Å². The van der Waals surface area contributed by atoms with Crippen molar-refractivity contribution in [3.8, 4) is 28.6 Å². The number of benzene rings is 2. The molecule has 2 aromatic carbocycles. The lowest BCUT2D eigenvalue weighted by atomic mass is 9.64. The highest BCUT2D eigenvalue weighted by Crippen LogP contribution is 2.47. The van der Waals surface area contributed by atoms with Crippen molar-refractivity contribution in [1.82, 2.24) is 9.97 Å². The third kappa shape index (κ3) is 7.39. The quantitative estimate of drug-likeness (QED) is 0.249. The molecule has 1 aromatic heterocycles. The molecule has 1 N–H and O–H groups in total. The molecule has 8 heteroatoms. The molecule has 2 aliphatic rings. The van der Waals surface area contributed by atoms with Crippen molar-refractivity contribution >= 4 is 5.97 Å². The minimum Gasteiger partial charge on any atom is -0.497 e. The summed E-state index contributed by atoms with van der Waals surface area (Å²) in [7, 11) is 1.54. The Morgan fingerprint density at radius 2 is 1.81 bits per heavy atom. The first-order chi connectivity index (χ1) is 19.9. The molecule has 7 nitrogen and oxygen atoms in total. The van der Waals surface area contributed by atoms with E-state index in [4.69, 9.17) is 19.2 Å². The second-order valence-corrected chi connectivity index (χ2v) is 13.4. The Hall–Kier alpha value is -3.68. The number of ether oxygens (including phenoxy) is 3. The molecule has 2 fully saturated rings. The van der Waals surface area contributed by atoms with Crippen molar-refractivity contribution in [1.29, 1.82) is 0 Å². The first-order valence-electron chi connectivity index (χ1n) is 14.7. The topological polar surface area (TPSA) is 90.8 Å². The fraction of sp³-hybridized carbons (Fsp3) is 0.500. The molecule has 0 spiro atoms. The summed E-state index contributed by atoms with van der Waals surface area (Å²) >= 11 is 0. The summed E-state index contributed by atoms with van der Waals surface area (Å²) in [5, 5.41) is 9.41. The van der Waals surface area contributed by atoms with Gasteiger partial charge in [0.15, 0.2) is 0 Å². The molecule has 5 rings (SSSR count). The zero-order valence-corrected chi connectivity index (χ0v) is 25.2. The minimum absolute atomic E-state index is 0.0214. The van der Waals surface area contributed by atoms with Crippen LogP contribution in [0.2, 0.25) is 0 Å². The van der Waals surface area contributed by atoms with Gasteiger partial charge in [0, 0.05) is 5.56 Å². The van der Waals surface area contributed by atoms with Gasteiger partial charge in [0.1, 0.15) is 41.4 Å². The van der Waals surface area contributed by atoms with E-state index in [0.717, 1.165) is 37.7 Å². The number of carbonyl (C=O) groups is 1. The van der Waals surface area contributed by atoms with Gasteiger partial charge in [-0.15, -0.1) is 0 Å². The van der Waals surface area contributed by atoms with Crippen molar-refractivity contribution < 1.29 is 28.5 Å². The number of aliphatic carboxylic acids is 1. The van der Waals surface area contributed by atoms with Crippen LogP contribution in [-0.4, -0.2) is 34.3 Å². The Balaban J connectivity index is 1.41. The second-order valence-electron chi connectivity index (χ2n) is 13.4. The van der Waals surface area contributed by atoms with Crippen LogP contribution >= 0.6 is 0 Å². The molecule has 2 saturated carbocycles. The van der Waals surface area contributed by atoms with Gasteiger partial charge in [-0.2, -0.15) is 0 Å². The number of methoxy groups -OCH3 is 1. The third-order valence-electron chi connectivity index (χ3n) is 8.27. The predicted octanol–water partition coefficient (Wildman–Crippen LogP) is 7.82. The maximum absolute atomic E-state index is 15.1. The van der Waals surface area contributed by atoms with E-state index in [9.17, 15) is 9.90 Å². The van der Waals surface area contributed by atoms with Gasteiger partial charge in [-0.05, 0) is 90.7 Å². The summed E-state index contributed by atoms with van der Waals surface area (Å²) in [6.45, 7) is 9.13. The lowest BCUT2D eigenvalue weighted by molar-refractivity contribution is -0.137. The van der Waals surface area contributed by atoms with Crippen LogP contribution in [0, 0.1) is 22.6 Å². The Morgan fingerprint density at radius 3 is 2.48 bits per heavy atom. The number of rotatable bonds is 11. The molecule has 2 aliphatic carbocycles. The van der Waals surface area contributed by atoms with Crippen LogP contribution in [0.25, 0.3) is 11.3 Å². The molecule has 0 saturated heterocycles. The lowest BCUT2D eigenvalue weighted by Gasteiger charge is -2.44. The van der Waals surface area contributed by atoms with E-state index in [1.807, 2.05) is 24.3 Å². The van der Waals surface area contributed by atoms with Crippen molar-refractivity contribution in [3.63, 3.8) is 0 Å². The third-order valence-corrected chi connectivity index (χ3v) is 8.27. The highest BCUT2D eigenvalue weighted by Gasteiger charge is 2.40. The Bertz CT molecular complexity index is 1420. The molecule has 42 heavy (non-hydrogen) atoms. The van der Waals surface area contributed by atoms with Crippen LogP contribution in [0.15, 0.2) is 48.7 Å². The van der Waals surface area contributed by atoms with Crippen molar-refractivity contribution in [2.75, 3.05) is 7.11 Å². The SMILES string of the molecule is COc1ccc(F)c(-c2ncc(COc3cccc(C(CC(=O)O)C4CC4)c3)nc2OC2CC(C)(C)CC(C)(C)C2)c1. The first-order valence-corrected chi connectivity index (χ1v) is 14.7. The van der Waals surface area contributed by atoms with Crippen LogP contribution in [-0.2, 0) is 11.4 Å². The van der Waals surface area contributed by atoms with E-state index < -0.39 is 11.8 Å². The van der Waals surface area contributed by atoms with Gasteiger partial charge < -0.3 is 19.3 Å². The maximum Gasteiger partial charge on any atom is 0.303 e. The summed E-state index contributed by atoms with van der Waals surface area (Å²) in [4.78, 5) is 20.9. The zero-order chi connectivity index (χ0) is 30.1. The Labute approximate surface area is 247 Å². The molecule has 3 aromatic rings. The number of hydrogen-bond donors (Lipinski definition) is 1. The van der Waals surface area contributed by atoms with Gasteiger partial charge in [0.2, 0.25) is 5.88 Å². The van der Waals surface area contributed by atoms with Crippen LogP contribution < -0.4 is 14.2 Å². The smallest absolute Gasteiger partial charge is 0.303 e. The highest BCUT2D eigenvalue weighted by molar-refractivity contribution is 5.68. The van der Waals surface area contributed by atoms with Crippen LogP contribution in [0.1, 0.15) is 83.4 Å². The number of carboxylic acids is 1. The number of hydrogen-bond acceptors (Lipinski definition) is 6. The average Bonchev–Trinajstić information content (AvgIpc) is 3.75. The molecule has 0 amide bonds. The van der Waals surface area contributed by atoms with E-state index in [1.54, 1.807) is 18.3 Å². The Morgan fingerprint density at radius 1 is 1.07 bits per heavy atom. The number of carboxylic acid groups (broad SMARTS) is 1. The molecule has 1 atom stereocenters. The second kappa shape index (κ2) is 11.9. The highest BCUT2D eigenvalue weighted by atomic mass is 19.1. The van der Waals surface area contributed by atoms with Crippen molar-refractivity contribution in [2.24, 2.45) is 16.7 Å². The normalized spacial score (nSPS) is 18.7. The number of nitrogens with zero attached hydrogens (tertiary/aromatic N) is 2. The zero-order valence-electron chi connectivity index (χ0n) is 25.2. The van der Waals surface area contributed by atoms with Gasteiger partial charge in [-0.1, -0.05) is 39.8 Å². The van der Waals surface area contributed by atoms with Crippen molar-refractivity contribution in [2.45, 2.75) is 84.8 Å². The molecular formula is C34H41FN2O5. The van der Waals surface area contributed by atoms with Crippen molar-refractivity contribution in [3.05, 3.63) is 65.7 Å². The maximum atomic E-state index is 15.1. The first kappa shape index (κ1) is 29.8. The molecule has 0 aliphatic heterocycles. The summed E-state index contributed by atoms with van der Waals surface area (Å²) < 4.78 is 33.1. The van der Waals surface area contributed by atoms with Gasteiger partial charge in [-0.25, -0.2) is 14.4 Å². The largest absolute Gasteiger partial charge is 0.497 e. The van der Waals surface area contributed by atoms with E-state index in [2.05, 4.69) is 32.7 Å². The summed E-state index contributed by atoms with van der Waals surface area (Å²) in [6.07, 6.45) is 6.48. The van der Waals surface area contributed by atoms with E-state index in [1.165, 1.54) is 13.2 Å². The minimum atomic E-state index is -0.793. The monoisotopic (exact) mass is 576 g/mol. The van der Waals surface area contributed by atoms with E-state index in [0.29, 0.717) is 28.8 Å². The fourth-order valence-electron chi connectivity index (χ4n) is 6.78. The number of halogens is 1. The number of aromatic nitrogens is 2. The molecule has 0 bridgehead atoms. The van der Waals surface area contributed by atoms with Gasteiger partial charge >= 0.3 is 5.97 Å². The van der Waals surface area contributed by atoms with Gasteiger partial charge in [0.05, 0.1) is 19.7 Å². The lowest BCUT2D eigenvalue weighted by Crippen LogP contribution is -2.39. The summed E-state index contributed by atoms with van der Waals surface area (Å²) in [5.41, 5.74) is 2.27. The van der Waals surface area contributed by atoms with E-state index in [-0.39, 0.29) is 47.3 Å².